The van der Waals surface area contributed by atoms with Gasteiger partial charge in [-0.05, 0) is 25.1 Å². The molecule has 0 saturated heterocycles. The Balaban J connectivity index is 3.49. The highest BCUT2D eigenvalue weighted by atomic mass is 32.1. The molecule has 0 amide bonds. The summed E-state index contributed by atoms with van der Waals surface area (Å²) in [6, 6.07) is 0. The van der Waals surface area contributed by atoms with Crippen molar-refractivity contribution in [3.05, 3.63) is 0 Å². The first-order valence-electron chi connectivity index (χ1n) is 3.60. The van der Waals surface area contributed by atoms with Gasteiger partial charge in [-0.1, -0.05) is 32.9 Å². The summed E-state index contributed by atoms with van der Waals surface area (Å²) in [6.45, 7) is 4.22. The van der Waals surface area contributed by atoms with Crippen LogP contribution in [0.25, 0.3) is 0 Å². The van der Waals surface area contributed by atoms with Gasteiger partial charge in [-0.25, -0.2) is 0 Å². The van der Waals surface area contributed by atoms with Crippen LogP contribution in [0.5, 0.6) is 0 Å². The van der Waals surface area contributed by atoms with E-state index >= 15 is 0 Å². The molecule has 10 heavy (non-hydrogen) atoms. The Bertz CT molecular complexity index is 104. The number of ether oxygens (including phenoxy) is 1. The first-order valence-corrected chi connectivity index (χ1v) is 4.45. The fraction of sp³-hybridized carbons (Fsp3) is 0.857. The third-order valence-electron chi connectivity index (χ3n) is 1.33. The van der Waals surface area contributed by atoms with Crippen molar-refractivity contribution in [2.45, 2.75) is 39.2 Å². The van der Waals surface area contributed by atoms with E-state index in [0.29, 0.717) is 4.38 Å². The van der Waals surface area contributed by atoms with Gasteiger partial charge in [-0.3, -0.25) is 0 Å². The minimum Gasteiger partial charge on any atom is -0.475 e. The highest BCUT2D eigenvalue weighted by Crippen LogP contribution is 2.07. The van der Waals surface area contributed by atoms with Gasteiger partial charge in [-0.2, -0.15) is 0 Å². The van der Waals surface area contributed by atoms with E-state index < -0.39 is 0 Å². The summed E-state index contributed by atoms with van der Waals surface area (Å²) in [7, 11) is 0. The minimum atomic E-state index is 0.273. The van der Waals surface area contributed by atoms with Crippen molar-refractivity contribution >= 4 is 29.2 Å². The molecule has 0 N–H and O–H groups in total. The Kier molecular flexibility index (Phi) is 6.13. The maximum Gasteiger partial charge on any atom is 0.217 e. The largest absolute Gasteiger partial charge is 0.475 e. The highest BCUT2D eigenvalue weighted by Gasteiger charge is 2.05. The van der Waals surface area contributed by atoms with E-state index in [1.807, 2.05) is 0 Å². The fourth-order valence-electron chi connectivity index (χ4n) is 0.811. The number of hydrogen-bond donors (Lipinski definition) is 1. The standard InChI is InChI=1S/C7H14OS2/c1-3-5-6(4-2)8-7(9)10/h6H,3-5H2,1-2H3,(H,9,10). The molecule has 0 radical (unpaired) electrons. The third-order valence-corrected chi connectivity index (χ3v) is 1.54. The smallest absolute Gasteiger partial charge is 0.217 e. The second-order valence-corrected chi connectivity index (χ2v) is 3.28. The summed E-state index contributed by atoms with van der Waals surface area (Å²) in [4.78, 5) is 0. The molecule has 0 aliphatic rings. The lowest BCUT2D eigenvalue weighted by Crippen LogP contribution is -2.12. The Morgan fingerprint density at radius 1 is 1.60 bits per heavy atom. The van der Waals surface area contributed by atoms with Gasteiger partial charge in [-0.15, -0.1) is 0 Å². The molecule has 0 bridgehead atoms. The topological polar surface area (TPSA) is 9.23 Å². The van der Waals surface area contributed by atoms with E-state index in [-0.39, 0.29) is 6.10 Å². The van der Waals surface area contributed by atoms with Crippen LogP contribution in [0.4, 0.5) is 0 Å². The lowest BCUT2D eigenvalue weighted by molar-refractivity contribution is 0.184. The van der Waals surface area contributed by atoms with Gasteiger partial charge in [0.25, 0.3) is 0 Å². The zero-order chi connectivity index (χ0) is 7.98. The molecule has 0 fully saturated rings. The van der Waals surface area contributed by atoms with E-state index in [1.165, 1.54) is 0 Å². The molecule has 60 valence electrons. The normalized spacial score (nSPS) is 12.7. The second kappa shape index (κ2) is 5.98. The Hall–Kier alpha value is 0.240. The summed E-state index contributed by atoms with van der Waals surface area (Å²) in [6.07, 6.45) is 3.48. The molecule has 1 atom stereocenters. The predicted molar refractivity (Wildman–Crippen MR) is 51.7 cm³/mol. The monoisotopic (exact) mass is 178 g/mol. The van der Waals surface area contributed by atoms with Gasteiger partial charge in [0.05, 0.1) is 6.10 Å². The number of thiocarbonyl (C=S) groups is 1. The average Bonchev–Trinajstić information content (AvgIpc) is 1.86. The molecular formula is C7H14OS2. The molecular weight excluding hydrogens is 164 g/mol. The third kappa shape index (κ3) is 5.06. The van der Waals surface area contributed by atoms with Crippen LogP contribution < -0.4 is 0 Å². The molecule has 0 saturated carbocycles. The molecule has 0 aromatic rings. The molecule has 3 heteroatoms. The summed E-state index contributed by atoms with van der Waals surface area (Å²) in [5.74, 6) is 0. The van der Waals surface area contributed by atoms with Crippen LogP contribution in [-0.2, 0) is 4.74 Å². The van der Waals surface area contributed by atoms with E-state index in [9.17, 15) is 0 Å². The first kappa shape index (κ1) is 10.2. The highest BCUT2D eigenvalue weighted by molar-refractivity contribution is 8.10. The van der Waals surface area contributed by atoms with Crippen LogP contribution >= 0.6 is 24.8 Å². The van der Waals surface area contributed by atoms with E-state index in [2.05, 4.69) is 26.5 Å². The lowest BCUT2D eigenvalue weighted by atomic mass is 10.2. The van der Waals surface area contributed by atoms with Crippen molar-refractivity contribution in [1.29, 1.82) is 0 Å². The van der Waals surface area contributed by atoms with Gasteiger partial charge < -0.3 is 4.74 Å². The van der Waals surface area contributed by atoms with E-state index in [0.717, 1.165) is 19.3 Å². The molecule has 0 aromatic carbocycles. The van der Waals surface area contributed by atoms with Crippen molar-refractivity contribution in [2.75, 3.05) is 0 Å². The van der Waals surface area contributed by atoms with Gasteiger partial charge in [0.15, 0.2) is 0 Å². The molecule has 0 heterocycles. The van der Waals surface area contributed by atoms with Crippen molar-refractivity contribution < 1.29 is 4.74 Å². The van der Waals surface area contributed by atoms with Crippen molar-refractivity contribution in [2.24, 2.45) is 0 Å². The molecule has 0 spiro atoms. The van der Waals surface area contributed by atoms with Crippen LogP contribution in [0.3, 0.4) is 0 Å². The van der Waals surface area contributed by atoms with E-state index in [4.69, 9.17) is 17.0 Å². The summed E-state index contributed by atoms with van der Waals surface area (Å²) in [5.41, 5.74) is 0. The summed E-state index contributed by atoms with van der Waals surface area (Å²) in [5, 5.41) is 0. The molecule has 0 aromatic heterocycles. The summed E-state index contributed by atoms with van der Waals surface area (Å²) >= 11 is 8.59. The SMILES string of the molecule is CCCC(CC)OC(=S)S. The number of thiol groups is 1. The zero-order valence-corrected chi connectivity index (χ0v) is 8.17. The predicted octanol–water partition coefficient (Wildman–Crippen LogP) is 2.80. The van der Waals surface area contributed by atoms with Crippen molar-refractivity contribution in [3.63, 3.8) is 0 Å². The van der Waals surface area contributed by atoms with Gasteiger partial charge in [0.1, 0.15) is 0 Å². The maximum absolute atomic E-state index is 5.24. The van der Waals surface area contributed by atoms with Crippen LogP contribution in [-0.4, -0.2) is 10.5 Å². The average molecular weight is 178 g/mol. The molecule has 0 rings (SSSR count). The van der Waals surface area contributed by atoms with Gasteiger partial charge in [0, 0.05) is 0 Å². The Labute approximate surface area is 73.6 Å². The molecule has 1 nitrogen and oxygen atoms in total. The van der Waals surface area contributed by atoms with Crippen LogP contribution in [0.15, 0.2) is 0 Å². The first-order chi connectivity index (χ1) is 4.70. The zero-order valence-electron chi connectivity index (χ0n) is 6.46. The fourth-order valence-corrected chi connectivity index (χ4v) is 1.10. The molecule has 0 aliphatic carbocycles. The maximum atomic E-state index is 5.24. The Morgan fingerprint density at radius 2 is 2.20 bits per heavy atom. The summed E-state index contributed by atoms with van der Waals surface area (Å²) < 4.78 is 5.60. The van der Waals surface area contributed by atoms with Crippen molar-refractivity contribution in [1.82, 2.24) is 0 Å². The van der Waals surface area contributed by atoms with E-state index in [1.54, 1.807) is 0 Å². The Morgan fingerprint density at radius 3 is 2.50 bits per heavy atom. The van der Waals surface area contributed by atoms with Gasteiger partial charge >= 0.3 is 0 Å². The molecule has 1 unspecified atom stereocenters. The van der Waals surface area contributed by atoms with Crippen LogP contribution in [0.2, 0.25) is 0 Å². The molecule has 0 aliphatic heterocycles. The minimum absolute atomic E-state index is 0.273. The number of rotatable bonds is 4. The van der Waals surface area contributed by atoms with Gasteiger partial charge in [0.2, 0.25) is 4.38 Å². The van der Waals surface area contributed by atoms with Crippen molar-refractivity contribution in [3.8, 4) is 0 Å². The number of hydrogen-bond acceptors (Lipinski definition) is 2. The quantitative estimate of drug-likeness (QED) is 0.523. The lowest BCUT2D eigenvalue weighted by Gasteiger charge is -2.14. The second-order valence-electron chi connectivity index (χ2n) is 2.20. The van der Waals surface area contributed by atoms with Crippen LogP contribution in [0, 0.1) is 0 Å². The van der Waals surface area contributed by atoms with Crippen LogP contribution in [0.1, 0.15) is 33.1 Å².